The Morgan fingerprint density at radius 2 is 2.07 bits per heavy atom. The van der Waals surface area contributed by atoms with Crippen LogP contribution in [0.25, 0.3) is 0 Å². The van der Waals surface area contributed by atoms with E-state index < -0.39 is 0 Å². The summed E-state index contributed by atoms with van der Waals surface area (Å²) in [6.07, 6.45) is 5.54. The van der Waals surface area contributed by atoms with Gasteiger partial charge in [-0.3, -0.25) is 0 Å². The highest BCUT2D eigenvalue weighted by atomic mass is 16.3. The highest BCUT2D eigenvalue weighted by Crippen LogP contribution is 2.48. The number of hydrogen-bond donors (Lipinski definition) is 2. The van der Waals surface area contributed by atoms with Crippen molar-refractivity contribution >= 4 is 0 Å². The van der Waals surface area contributed by atoms with E-state index in [1.807, 2.05) is 6.92 Å². The van der Waals surface area contributed by atoms with Gasteiger partial charge in [0.1, 0.15) is 0 Å². The van der Waals surface area contributed by atoms with Gasteiger partial charge in [-0.25, -0.2) is 0 Å². The van der Waals surface area contributed by atoms with Crippen LogP contribution in [0.3, 0.4) is 0 Å². The molecule has 0 saturated heterocycles. The normalized spacial score (nSPS) is 37.2. The highest BCUT2D eigenvalue weighted by molar-refractivity contribution is 4.93. The minimum Gasteiger partial charge on any atom is -0.392 e. The van der Waals surface area contributed by atoms with Gasteiger partial charge in [-0.2, -0.15) is 0 Å². The molecule has 2 saturated carbocycles. The summed E-state index contributed by atoms with van der Waals surface area (Å²) in [7, 11) is 0. The molecular formula is C13H25NO. The molecule has 2 N–H and O–H groups in total. The average molecular weight is 211 g/mol. The standard InChI is InChI=1S/C13H25NO/c1-9(15)13(2,3)14-8-12-7-10-4-5-11(12)6-10/h9-12,14-15H,4-8H2,1-3H3. The summed E-state index contributed by atoms with van der Waals surface area (Å²) in [5, 5.41) is 13.2. The second-order valence-electron chi connectivity index (χ2n) is 6.21. The van der Waals surface area contributed by atoms with Gasteiger partial charge in [-0.15, -0.1) is 0 Å². The topological polar surface area (TPSA) is 32.3 Å². The number of rotatable bonds is 4. The summed E-state index contributed by atoms with van der Waals surface area (Å²) in [6, 6.07) is 0. The lowest BCUT2D eigenvalue weighted by atomic mass is 9.87. The molecule has 0 radical (unpaired) electrons. The molecule has 2 aliphatic rings. The molecule has 0 aromatic heterocycles. The number of fused-ring (bicyclic) bond motifs is 2. The molecule has 2 fully saturated rings. The first-order valence-electron chi connectivity index (χ1n) is 6.42. The number of nitrogens with one attached hydrogen (secondary N) is 1. The van der Waals surface area contributed by atoms with Gasteiger partial charge in [0.05, 0.1) is 6.10 Å². The predicted molar refractivity (Wildman–Crippen MR) is 62.7 cm³/mol. The molecule has 4 unspecified atom stereocenters. The molecule has 2 heteroatoms. The van der Waals surface area contributed by atoms with E-state index in [2.05, 4.69) is 19.2 Å². The van der Waals surface area contributed by atoms with Crippen molar-refractivity contribution in [1.29, 1.82) is 0 Å². The van der Waals surface area contributed by atoms with Crippen LogP contribution in [0, 0.1) is 17.8 Å². The quantitative estimate of drug-likeness (QED) is 0.747. The van der Waals surface area contributed by atoms with Crippen molar-refractivity contribution in [2.75, 3.05) is 6.54 Å². The van der Waals surface area contributed by atoms with Crippen LogP contribution >= 0.6 is 0 Å². The molecule has 4 atom stereocenters. The van der Waals surface area contributed by atoms with Crippen LogP contribution in [0.15, 0.2) is 0 Å². The van der Waals surface area contributed by atoms with Gasteiger partial charge in [-0.05, 0) is 64.3 Å². The summed E-state index contributed by atoms with van der Waals surface area (Å²) in [5.41, 5.74) is -0.137. The number of aliphatic hydroxyl groups excluding tert-OH is 1. The van der Waals surface area contributed by atoms with Crippen LogP contribution in [-0.4, -0.2) is 23.3 Å². The predicted octanol–water partition coefficient (Wildman–Crippen LogP) is 2.17. The lowest BCUT2D eigenvalue weighted by Crippen LogP contribution is -2.50. The summed E-state index contributed by atoms with van der Waals surface area (Å²) in [6.45, 7) is 7.14. The maximum atomic E-state index is 9.62. The Bertz CT molecular complexity index is 225. The molecule has 0 aliphatic heterocycles. The largest absolute Gasteiger partial charge is 0.392 e. The average Bonchev–Trinajstić information content (AvgIpc) is 2.75. The SMILES string of the molecule is CC(O)C(C)(C)NCC1CC2CCC1C2. The van der Waals surface area contributed by atoms with E-state index in [1.54, 1.807) is 0 Å². The van der Waals surface area contributed by atoms with E-state index in [0.717, 1.165) is 24.3 Å². The summed E-state index contributed by atoms with van der Waals surface area (Å²) >= 11 is 0. The molecular weight excluding hydrogens is 186 g/mol. The van der Waals surface area contributed by atoms with Crippen molar-refractivity contribution in [2.45, 2.75) is 58.1 Å². The number of aliphatic hydroxyl groups is 1. The van der Waals surface area contributed by atoms with Gasteiger partial charge >= 0.3 is 0 Å². The molecule has 2 nitrogen and oxygen atoms in total. The minimum absolute atomic E-state index is 0.137. The molecule has 2 rings (SSSR count). The Labute approximate surface area is 93.5 Å². The van der Waals surface area contributed by atoms with E-state index >= 15 is 0 Å². The van der Waals surface area contributed by atoms with Crippen molar-refractivity contribution < 1.29 is 5.11 Å². The minimum atomic E-state index is -0.281. The van der Waals surface area contributed by atoms with E-state index in [0.29, 0.717) is 0 Å². The molecule has 0 aromatic carbocycles. The Hall–Kier alpha value is -0.0800. The summed E-state index contributed by atoms with van der Waals surface area (Å²) in [5.74, 6) is 2.88. The molecule has 0 heterocycles. The van der Waals surface area contributed by atoms with Gasteiger partial charge in [0.25, 0.3) is 0 Å². The molecule has 15 heavy (non-hydrogen) atoms. The molecule has 0 spiro atoms. The molecule has 0 amide bonds. The third kappa shape index (κ3) is 2.36. The van der Waals surface area contributed by atoms with Crippen molar-refractivity contribution in [2.24, 2.45) is 17.8 Å². The molecule has 2 aliphatic carbocycles. The smallest absolute Gasteiger partial charge is 0.0688 e. The van der Waals surface area contributed by atoms with E-state index in [1.165, 1.54) is 25.7 Å². The van der Waals surface area contributed by atoms with Gasteiger partial charge in [0.2, 0.25) is 0 Å². The zero-order valence-electron chi connectivity index (χ0n) is 10.3. The zero-order valence-corrected chi connectivity index (χ0v) is 10.3. The van der Waals surface area contributed by atoms with Crippen molar-refractivity contribution in [3.8, 4) is 0 Å². The van der Waals surface area contributed by atoms with Crippen molar-refractivity contribution in [1.82, 2.24) is 5.32 Å². The molecule has 2 bridgehead atoms. The van der Waals surface area contributed by atoms with Crippen LogP contribution in [-0.2, 0) is 0 Å². The third-order valence-corrected chi connectivity index (χ3v) is 4.75. The fourth-order valence-electron chi connectivity index (χ4n) is 3.17. The first-order valence-corrected chi connectivity index (χ1v) is 6.42. The van der Waals surface area contributed by atoms with Gasteiger partial charge < -0.3 is 10.4 Å². The Balaban J connectivity index is 1.79. The maximum absolute atomic E-state index is 9.62. The van der Waals surface area contributed by atoms with E-state index in [-0.39, 0.29) is 11.6 Å². The zero-order chi connectivity index (χ0) is 11.1. The first kappa shape index (κ1) is 11.4. The lowest BCUT2D eigenvalue weighted by Gasteiger charge is -2.32. The highest BCUT2D eigenvalue weighted by Gasteiger charge is 2.39. The van der Waals surface area contributed by atoms with E-state index in [4.69, 9.17) is 0 Å². The van der Waals surface area contributed by atoms with Gasteiger partial charge in [-0.1, -0.05) is 6.42 Å². The maximum Gasteiger partial charge on any atom is 0.0688 e. The second kappa shape index (κ2) is 4.06. The first-order chi connectivity index (χ1) is 6.99. The van der Waals surface area contributed by atoms with Crippen LogP contribution in [0.5, 0.6) is 0 Å². The fraction of sp³-hybridized carbons (Fsp3) is 1.00. The second-order valence-corrected chi connectivity index (χ2v) is 6.21. The van der Waals surface area contributed by atoms with Crippen molar-refractivity contribution in [3.63, 3.8) is 0 Å². The van der Waals surface area contributed by atoms with E-state index in [9.17, 15) is 5.11 Å². The van der Waals surface area contributed by atoms with Crippen LogP contribution in [0.2, 0.25) is 0 Å². The summed E-state index contributed by atoms with van der Waals surface area (Å²) < 4.78 is 0. The number of hydrogen-bond acceptors (Lipinski definition) is 2. The van der Waals surface area contributed by atoms with Crippen LogP contribution < -0.4 is 5.32 Å². The fourth-order valence-corrected chi connectivity index (χ4v) is 3.17. The van der Waals surface area contributed by atoms with Crippen LogP contribution in [0.1, 0.15) is 46.5 Å². The Kier molecular flexibility index (Phi) is 3.09. The molecule has 88 valence electrons. The lowest BCUT2D eigenvalue weighted by molar-refractivity contribution is 0.0908. The van der Waals surface area contributed by atoms with Crippen LogP contribution in [0.4, 0.5) is 0 Å². The Morgan fingerprint density at radius 3 is 2.53 bits per heavy atom. The Morgan fingerprint density at radius 1 is 1.33 bits per heavy atom. The van der Waals surface area contributed by atoms with Gasteiger partial charge in [0, 0.05) is 5.54 Å². The third-order valence-electron chi connectivity index (χ3n) is 4.75. The van der Waals surface area contributed by atoms with Gasteiger partial charge in [0.15, 0.2) is 0 Å². The van der Waals surface area contributed by atoms with Crippen molar-refractivity contribution in [3.05, 3.63) is 0 Å². The summed E-state index contributed by atoms with van der Waals surface area (Å²) in [4.78, 5) is 0. The molecule has 0 aromatic rings. The monoisotopic (exact) mass is 211 g/mol.